The minimum Gasteiger partial charge on any atom is -0.669 e. The van der Waals surface area contributed by atoms with Crippen molar-refractivity contribution in [1.29, 1.82) is 0 Å². The first kappa shape index (κ1) is 36.9. The molecule has 0 N–H and O–H groups in total. The fraction of sp³-hybridized carbons (Fsp3) is 0.0233. The molecule has 0 bridgehead atoms. The first-order chi connectivity index (χ1) is 24.1. The molecule has 1 aliphatic rings. The molecular formula is C43H27N4O2Pt2-3. The van der Waals surface area contributed by atoms with Crippen molar-refractivity contribution in [1.82, 2.24) is 14.5 Å². The Labute approximate surface area is 327 Å². The standard InChI is InChI=1S/C37H23N3O2.C6H4N.2Pt/c1-39-19-20-40(26-39)32-11-6-14-35(25-32)41-34-13-5-10-31(23-34)37-24-30(17-18-38-37)29-9-4-12-33(22-29)42-36-16-15-27-7-2-3-8-28(27)21-36;1-2-7-5-3-4-6-7;;/h2-15,18-21,24,26H,1H3;3-6H;;/q-6;-1;;+4. The van der Waals surface area contributed by atoms with Gasteiger partial charge in [-0.2, -0.15) is 30.9 Å². The molecule has 0 amide bonds. The molecule has 0 unspecified atom stereocenters. The van der Waals surface area contributed by atoms with E-state index in [9.17, 15) is 0 Å². The van der Waals surface area contributed by atoms with Crippen LogP contribution in [0.25, 0.3) is 33.2 Å². The van der Waals surface area contributed by atoms with Gasteiger partial charge >= 0.3 is 21.1 Å². The Hall–Kier alpha value is -5.33. The predicted molar refractivity (Wildman–Crippen MR) is 190 cm³/mol. The Morgan fingerprint density at radius 2 is 1.35 bits per heavy atom. The van der Waals surface area contributed by atoms with Crippen LogP contribution in [0.5, 0.6) is 23.0 Å². The molecule has 8 rings (SSSR count). The van der Waals surface area contributed by atoms with E-state index in [0.29, 0.717) is 23.0 Å². The Morgan fingerprint density at radius 1 is 0.686 bits per heavy atom. The predicted octanol–water partition coefficient (Wildman–Crippen LogP) is 9.38. The molecule has 1 aliphatic heterocycles. The van der Waals surface area contributed by atoms with Crippen LogP contribution in [0.2, 0.25) is 0 Å². The van der Waals surface area contributed by atoms with Crippen LogP contribution in [0.15, 0.2) is 140 Å². The van der Waals surface area contributed by atoms with Crippen LogP contribution >= 0.6 is 0 Å². The molecule has 254 valence electrons. The molecule has 7 aromatic rings. The number of pyridine rings is 1. The number of hydrogen-bond donors (Lipinski definition) is 0. The maximum absolute atomic E-state index is 6.57. The average Bonchev–Trinajstić information content (AvgIpc) is 3.85. The summed E-state index contributed by atoms with van der Waals surface area (Å²) >= 11 is 0. The van der Waals surface area contributed by atoms with Crippen molar-refractivity contribution in [3.8, 4) is 51.4 Å². The molecule has 0 fully saturated rings. The SMILES string of the molecule is CN1C=CN(c2[c-]c(Oc3[c-]c(-c4cc(-c5[c-]c(Oc6[c-]cc7ccccc7c6)ccc5)[c-]cn4)ccc3)ccc2)[CH-]1.[C-]#Cn1cccc1.[Pt+4].[Pt]. The summed E-state index contributed by atoms with van der Waals surface area (Å²) in [7, 11) is 1.98. The smallest absolute Gasteiger partial charge is 0.669 e. The van der Waals surface area contributed by atoms with Gasteiger partial charge in [0, 0.05) is 56.5 Å². The summed E-state index contributed by atoms with van der Waals surface area (Å²) < 4.78 is 13.8. The molecule has 3 heterocycles. The van der Waals surface area contributed by atoms with Crippen molar-refractivity contribution in [2.24, 2.45) is 0 Å². The zero-order valence-electron chi connectivity index (χ0n) is 27.1. The minimum atomic E-state index is 0. The zero-order chi connectivity index (χ0) is 33.4. The number of aromatic nitrogens is 2. The number of benzene rings is 5. The van der Waals surface area contributed by atoms with Gasteiger partial charge in [-0.15, -0.1) is 82.7 Å². The van der Waals surface area contributed by atoms with Gasteiger partial charge in [0.15, 0.2) is 0 Å². The second kappa shape index (κ2) is 17.5. The Kier molecular flexibility index (Phi) is 12.7. The number of fused-ring (bicyclic) bond motifs is 1. The molecule has 8 heteroatoms. The summed E-state index contributed by atoms with van der Waals surface area (Å²) in [5.41, 5.74) is 4.11. The molecule has 5 aromatic carbocycles. The number of anilines is 1. The van der Waals surface area contributed by atoms with Crippen LogP contribution in [0.1, 0.15) is 0 Å². The fourth-order valence-corrected chi connectivity index (χ4v) is 5.06. The van der Waals surface area contributed by atoms with Gasteiger partial charge < -0.3 is 35.2 Å². The van der Waals surface area contributed by atoms with Crippen molar-refractivity contribution < 1.29 is 51.6 Å². The van der Waals surface area contributed by atoms with Crippen LogP contribution < -0.4 is 14.4 Å². The van der Waals surface area contributed by atoms with E-state index in [1.807, 2.05) is 133 Å². The quantitative estimate of drug-likeness (QED) is 0.118. The molecule has 2 aromatic heterocycles. The monoisotopic (exact) mass is 1020 g/mol. The van der Waals surface area contributed by atoms with Crippen molar-refractivity contribution in [3.05, 3.63) is 184 Å². The van der Waals surface area contributed by atoms with E-state index < -0.39 is 0 Å². The Bertz CT molecular complexity index is 2280. The van der Waals surface area contributed by atoms with E-state index in [4.69, 9.17) is 15.9 Å². The molecule has 51 heavy (non-hydrogen) atoms. The van der Waals surface area contributed by atoms with Gasteiger partial charge in [0.2, 0.25) is 0 Å². The van der Waals surface area contributed by atoms with Crippen LogP contribution in [0.3, 0.4) is 0 Å². The third-order valence-corrected chi connectivity index (χ3v) is 7.43. The largest absolute Gasteiger partial charge is 4.00 e. The van der Waals surface area contributed by atoms with Crippen LogP contribution in [0, 0.1) is 49.5 Å². The van der Waals surface area contributed by atoms with Gasteiger partial charge in [-0.05, 0) is 31.6 Å². The van der Waals surface area contributed by atoms with E-state index in [1.165, 1.54) is 0 Å². The second-order valence-corrected chi connectivity index (χ2v) is 10.9. The molecule has 0 atom stereocenters. The van der Waals surface area contributed by atoms with Gasteiger partial charge in [0.25, 0.3) is 0 Å². The number of hydrogen-bond acceptors (Lipinski definition) is 5. The number of nitrogens with zero attached hydrogens (tertiary/aromatic N) is 4. The third-order valence-electron chi connectivity index (χ3n) is 7.43. The van der Waals surface area contributed by atoms with E-state index in [0.717, 1.165) is 38.8 Å². The third kappa shape index (κ3) is 9.47. The molecule has 0 aliphatic carbocycles. The topological polar surface area (TPSA) is 42.8 Å². The summed E-state index contributed by atoms with van der Waals surface area (Å²) in [6, 6.07) is 53.7. The summed E-state index contributed by atoms with van der Waals surface area (Å²) in [4.78, 5) is 8.51. The number of rotatable bonds is 7. The van der Waals surface area contributed by atoms with Crippen LogP contribution in [-0.4, -0.2) is 21.5 Å². The maximum atomic E-state index is 6.57. The maximum Gasteiger partial charge on any atom is 4.00 e. The van der Waals surface area contributed by atoms with E-state index in [1.54, 1.807) is 23.2 Å². The Morgan fingerprint density at radius 3 is 2.06 bits per heavy atom. The first-order valence-electron chi connectivity index (χ1n) is 15.4. The summed E-state index contributed by atoms with van der Waals surface area (Å²) in [6.45, 7) is 1.97. The van der Waals surface area contributed by atoms with Crippen molar-refractivity contribution in [2.45, 2.75) is 0 Å². The summed E-state index contributed by atoms with van der Waals surface area (Å²) in [6.07, 6.45) is 15.7. The normalized spacial score (nSPS) is 11.5. The molecule has 0 saturated carbocycles. The minimum absolute atomic E-state index is 0. The van der Waals surface area contributed by atoms with Crippen molar-refractivity contribution in [3.63, 3.8) is 0 Å². The van der Waals surface area contributed by atoms with Gasteiger partial charge in [-0.25, -0.2) is 24.2 Å². The number of ether oxygens (including phenoxy) is 2. The second-order valence-electron chi connectivity index (χ2n) is 10.9. The van der Waals surface area contributed by atoms with Crippen molar-refractivity contribution in [2.75, 3.05) is 11.9 Å². The first-order valence-corrected chi connectivity index (χ1v) is 15.4. The average molecular weight is 1020 g/mol. The molecule has 0 saturated heterocycles. The van der Waals surface area contributed by atoms with Crippen molar-refractivity contribution >= 4 is 16.5 Å². The van der Waals surface area contributed by atoms with E-state index in [-0.39, 0.29) is 42.1 Å². The molecule has 0 radical (unpaired) electrons. The van der Waals surface area contributed by atoms with Crippen LogP contribution in [-0.2, 0) is 42.1 Å². The molecule has 6 nitrogen and oxygen atoms in total. The van der Waals surface area contributed by atoms with Crippen LogP contribution in [0.4, 0.5) is 5.69 Å². The van der Waals surface area contributed by atoms with Gasteiger partial charge in [0.1, 0.15) is 0 Å². The van der Waals surface area contributed by atoms with Gasteiger partial charge in [0.05, 0.1) is 0 Å². The summed E-state index contributed by atoms with van der Waals surface area (Å²) in [5.74, 6) is 2.41. The molecular weight excluding hydrogens is 995 g/mol. The van der Waals surface area contributed by atoms with Gasteiger partial charge in [-0.3, -0.25) is 11.1 Å². The summed E-state index contributed by atoms with van der Waals surface area (Å²) in [5, 5.41) is 2.21. The van der Waals surface area contributed by atoms with E-state index >= 15 is 0 Å². The van der Waals surface area contributed by atoms with E-state index in [2.05, 4.69) is 53.5 Å². The van der Waals surface area contributed by atoms with Gasteiger partial charge in [-0.1, -0.05) is 36.2 Å². The fourth-order valence-electron chi connectivity index (χ4n) is 5.06. The zero-order valence-corrected chi connectivity index (χ0v) is 31.6. The Balaban J connectivity index is 0.000000503. The molecule has 0 spiro atoms.